The average Bonchev–Trinajstić information content (AvgIpc) is 2.76. The summed E-state index contributed by atoms with van der Waals surface area (Å²) < 4.78 is 17.1. The third-order valence-electron chi connectivity index (χ3n) is 4.99. The van der Waals surface area contributed by atoms with E-state index in [-0.39, 0.29) is 30.1 Å². The molecule has 2 aromatic heterocycles. The Balaban J connectivity index is 2.28. The number of aromatic nitrogens is 1. The number of nitrogens with zero attached hydrogens (tertiary/aromatic N) is 1. The highest BCUT2D eigenvalue weighted by molar-refractivity contribution is 5.82. The van der Waals surface area contributed by atoms with E-state index in [0.717, 1.165) is 6.07 Å². The number of carbonyl (C=O) groups is 1. The highest BCUT2D eigenvalue weighted by atomic mass is 16.5. The van der Waals surface area contributed by atoms with Crippen molar-refractivity contribution < 1.29 is 28.9 Å². The molecule has 0 aliphatic heterocycles. The number of benzene rings is 1. The van der Waals surface area contributed by atoms with Crippen LogP contribution in [-0.2, 0) is 23.2 Å². The van der Waals surface area contributed by atoms with Crippen LogP contribution >= 0.6 is 0 Å². The van der Waals surface area contributed by atoms with Gasteiger partial charge in [0.05, 0.1) is 31.6 Å². The summed E-state index contributed by atoms with van der Waals surface area (Å²) in [6, 6.07) is 7.70. The number of methoxy groups -OCH3 is 1. The lowest BCUT2D eigenvalue weighted by Gasteiger charge is -2.19. The lowest BCUT2D eigenvalue weighted by molar-refractivity contribution is -0.143. The molecule has 0 aliphatic rings. The average molecular weight is 429 g/mol. The Morgan fingerprint density at radius 3 is 2.61 bits per heavy atom. The number of hydrogen-bond donors (Lipinski definition) is 2. The van der Waals surface area contributed by atoms with Gasteiger partial charge in [-0.2, -0.15) is 0 Å². The minimum Gasteiger partial charge on any atom is -0.502 e. The second-order valence-electron chi connectivity index (χ2n) is 6.90. The third-order valence-corrected chi connectivity index (χ3v) is 4.99. The smallest absolute Gasteiger partial charge is 0.306 e. The molecular weight excluding hydrogens is 406 g/mol. The molecule has 0 fully saturated rings. The van der Waals surface area contributed by atoms with Crippen molar-refractivity contribution in [3.05, 3.63) is 68.0 Å². The Labute approximate surface area is 177 Å². The molecule has 3 aromatic rings. The van der Waals surface area contributed by atoms with E-state index in [1.165, 1.54) is 11.7 Å². The first-order valence-electron chi connectivity index (χ1n) is 9.60. The fourth-order valence-electron chi connectivity index (χ4n) is 3.44. The number of aromatic hydroxyl groups is 1. The van der Waals surface area contributed by atoms with Gasteiger partial charge in [0.2, 0.25) is 11.2 Å². The molecule has 9 nitrogen and oxygen atoms in total. The summed E-state index contributed by atoms with van der Waals surface area (Å²) in [7, 11) is 3.08. The molecule has 0 saturated carbocycles. The number of ether oxygens (including phenoxy) is 2. The maximum atomic E-state index is 13.2. The predicted molar refractivity (Wildman–Crippen MR) is 111 cm³/mol. The van der Waals surface area contributed by atoms with Crippen molar-refractivity contribution in [2.45, 2.75) is 25.9 Å². The summed E-state index contributed by atoms with van der Waals surface area (Å²) in [4.78, 5) is 37.7. The number of hydrogen-bond acceptors (Lipinski definition) is 8. The third kappa shape index (κ3) is 4.31. The molecule has 9 heteroatoms. The van der Waals surface area contributed by atoms with Crippen LogP contribution in [0.2, 0.25) is 0 Å². The van der Waals surface area contributed by atoms with E-state index in [2.05, 4.69) is 0 Å². The van der Waals surface area contributed by atoms with Crippen molar-refractivity contribution in [3.63, 3.8) is 0 Å². The molecule has 0 spiro atoms. The zero-order valence-electron chi connectivity index (χ0n) is 17.4. The molecule has 2 heterocycles. The summed E-state index contributed by atoms with van der Waals surface area (Å²) in [5.74, 6) is -2.30. The van der Waals surface area contributed by atoms with Gasteiger partial charge in [-0.3, -0.25) is 14.4 Å². The zero-order chi connectivity index (χ0) is 22.7. The predicted octanol–water partition coefficient (Wildman–Crippen LogP) is 1.78. The zero-order valence-corrected chi connectivity index (χ0v) is 17.4. The number of aliphatic hydroxyl groups excluding tert-OH is 1. The van der Waals surface area contributed by atoms with Crippen LogP contribution in [0.15, 0.2) is 44.3 Å². The van der Waals surface area contributed by atoms with E-state index in [0.29, 0.717) is 16.7 Å². The molecule has 3 rings (SSSR count). The second kappa shape index (κ2) is 9.05. The maximum absolute atomic E-state index is 13.2. The van der Waals surface area contributed by atoms with Gasteiger partial charge in [0.25, 0.3) is 5.56 Å². The summed E-state index contributed by atoms with van der Waals surface area (Å²) in [5, 5.41) is 20.4. The standard InChI is InChI=1S/C22H23NO8/c1-4-30-19(26)10-15(21-20(27)18(25)9-14(11-24)31-21)16-7-12-5-6-13(29-3)8-17(12)23(2)22(16)28/h5-9,15,24,27H,4,10-11H2,1-3H3/t15-/m0/s1. The Bertz CT molecular complexity index is 1240. The number of aryl methyl sites for hydroxylation is 1. The van der Waals surface area contributed by atoms with Crippen molar-refractivity contribution in [2.24, 2.45) is 7.05 Å². The van der Waals surface area contributed by atoms with Gasteiger partial charge in [-0.25, -0.2) is 0 Å². The molecule has 1 aromatic carbocycles. The molecule has 164 valence electrons. The number of fused-ring (bicyclic) bond motifs is 1. The van der Waals surface area contributed by atoms with Crippen LogP contribution in [0, 0.1) is 0 Å². The molecule has 31 heavy (non-hydrogen) atoms. The molecule has 1 atom stereocenters. The molecule has 2 N–H and O–H groups in total. The van der Waals surface area contributed by atoms with Crippen molar-refractivity contribution >= 4 is 16.9 Å². The first kappa shape index (κ1) is 22.1. The van der Waals surface area contributed by atoms with Gasteiger partial charge >= 0.3 is 5.97 Å². The largest absolute Gasteiger partial charge is 0.502 e. The maximum Gasteiger partial charge on any atom is 0.306 e. The van der Waals surface area contributed by atoms with Crippen LogP contribution in [0.4, 0.5) is 0 Å². The molecule has 0 amide bonds. The van der Waals surface area contributed by atoms with Crippen LogP contribution in [-0.4, -0.2) is 34.5 Å². The van der Waals surface area contributed by atoms with Crippen molar-refractivity contribution in [2.75, 3.05) is 13.7 Å². The van der Waals surface area contributed by atoms with Crippen LogP contribution in [0.3, 0.4) is 0 Å². The van der Waals surface area contributed by atoms with E-state index < -0.39 is 35.2 Å². The summed E-state index contributed by atoms with van der Waals surface area (Å²) >= 11 is 0. The molecule has 0 radical (unpaired) electrons. The second-order valence-corrected chi connectivity index (χ2v) is 6.90. The molecule has 0 bridgehead atoms. The summed E-state index contributed by atoms with van der Waals surface area (Å²) in [6.45, 7) is 1.16. The quantitative estimate of drug-likeness (QED) is 0.544. The topological polar surface area (TPSA) is 128 Å². The van der Waals surface area contributed by atoms with Gasteiger partial charge in [0, 0.05) is 24.7 Å². The van der Waals surface area contributed by atoms with Crippen molar-refractivity contribution in [1.29, 1.82) is 0 Å². The van der Waals surface area contributed by atoms with E-state index in [4.69, 9.17) is 13.9 Å². The lowest BCUT2D eigenvalue weighted by atomic mass is 9.92. The number of aliphatic hydroxyl groups is 1. The lowest BCUT2D eigenvalue weighted by Crippen LogP contribution is -2.26. The van der Waals surface area contributed by atoms with Crippen LogP contribution in [0.1, 0.15) is 36.3 Å². The Morgan fingerprint density at radius 2 is 1.97 bits per heavy atom. The van der Waals surface area contributed by atoms with Gasteiger partial charge < -0.3 is 28.7 Å². The molecule has 0 saturated heterocycles. The van der Waals surface area contributed by atoms with Gasteiger partial charge in [0.15, 0.2) is 5.76 Å². The number of rotatable bonds is 7. The molecule has 0 unspecified atom stereocenters. The van der Waals surface area contributed by atoms with Crippen molar-refractivity contribution in [3.8, 4) is 11.5 Å². The number of carbonyl (C=O) groups excluding carboxylic acids is 1. The Morgan fingerprint density at radius 1 is 1.23 bits per heavy atom. The SMILES string of the molecule is CCOC(=O)C[C@H](c1oc(CO)cc(=O)c1O)c1cc2ccc(OC)cc2n(C)c1=O. The minimum atomic E-state index is -1.11. The van der Waals surface area contributed by atoms with E-state index in [1.807, 2.05) is 0 Å². The van der Waals surface area contributed by atoms with Gasteiger partial charge in [0.1, 0.15) is 18.1 Å². The highest BCUT2D eigenvalue weighted by Gasteiger charge is 2.29. The fourth-order valence-corrected chi connectivity index (χ4v) is 3.44. The fraction of sp³-hybridized carbons (Fsp3) is 0.318. The molecular formula is C22H23NO8. The first-order chi connectivity index (χ1) is 14.8. The van der Waals surface area contributed by atoms with Gasteiger partial charge in [-0.05, 0) is 30.5 Å². The van der Waals surface area contributed by atoms with Crippen LogP contribution < -0.4 is 15.7 Å². The van der Waals surface area contributed by atoms with Gasteiger partial charge in [-0.1, -0.05) is 0 Å². The normalized spacial score (nSPS) is 12.0. The van der Waals surface area contributed by atoms with Gasteiger partial charge in [-0.15, -0.1) is 0 Å². The number of pyridine rings is 1. The van der Waals surface area contributed by atoms with Crippen molar-refractivity contribution in [1.82, 2.24) is 4.57 Å². The summed E-state index contributed by atoms with van der Waals surface area (Å²) in [5.41, 5.74) is -0.521. The Hall–Kier alpha value is -3.59. The van der Waals surface area contributed by atoms with E-state index >= 15 is 0 Å². The molecule has 0 aliphatic carbocycles. The Kier molecular flexibility index (Phi) is 6.45. The monoisotopic (exact) mass is 429 g/mol. The van der Waals surface area contributed by atoms with Crippen LogP contribution in [0.5, 0.6) is 11.5 Å². The van der Waals surface area contributed by atoms with E-state index in [9.17, 15) is 24.6 Å². The highest BCUT2D eigenvalue weighted by Crippen LogP contribution is 2.33. The number of esters is 1. The first-order valence-corrected chi connectivity index (χ1v) is 9.60. The van der Waals surface area contributed by atoms with E-state index in [1.54, 1.807) is 38.2 Å². The van der Waals surface area contributed by atoms with Crippen LogP contribution in [0.25, 0.3) is 10.9 Å². The minimum absolute atomic E-state index is 0.103. The summed E-state index contributed by atoms with van der Waals surface area (Å²) in [6.07, 6.45) is -0.351.